The molecule has 58 heavy (non-hydrogen) atoms. The van der Waals surface area contributed by atoms with E-state index in [4.69, 9.17) is 0 Å². The molecule has 272 valence electrons. The second-order valence-electron chi connectivity index (χ2n) is 14.9. The normalized spacial score (nSPS) is 11.4. The molecular formula is C56H38N2. The Kier molecular flexibility index (Phi) is 8.19. The fourth-order valence-electron chi connectivity index (χ4n) is 8.87. The summed E-state index contributed by atoms with van der Waals surface area (Å²) >= 11 is 0. The summed E-state index contributed by atoms with van der Waals surface area (Å²) in [6.45, 7) is 0. The average Bonchev–Trinajstić information content (AvgIpc) is 3.65. The minimum absolute atomic E-state index is 1.08. The van der Waals surface area contributed by atoms with Crippen LogP contribution in [0.1, 0.15) is 0 Å². The first-order valence-corrected chi connectivity index (χ1v) is 19.9. The molecule has 2 nitrogen and oxygen atoms in total. The fourth-order valence-corrected chi connectivity index (χ4v) is 8.87. The van der Waals surface area contributed by atoms with Crippen LogP contribution in [0.4, 0.5) is 17.1 Å². The third-order valence-corrected chi connectivity index (χ3v) is 11.6. The van der Waals surface area contributed by atoms with Crippen molar-refractivity contribution in [2.75, 3.05) is 4.90 Å². The highest BCUT2D eigenvalue weighted by atomic mass is 15.1. The number of aromatic nitrogens is 1. The van der Waals surface area contributed by atoms with Gasteiger partial charge in [-0.1, -0.05) is 170 Å². The lowest BCUT2D eigenvalue weighted by molar-refractivity contribution is 1.17. The molecule has 0 aliphatic rings. The van der Waals surface area contributed by atoms with Crippen LogP contribution < -0.4 is 4.90 Å². The lowest BCUT2D eigenvalue weighted by Gasteiger charge is -2.27. The Hall–Kier alpha value is -7.68. The molecule has 0 saturated carbocycles. The second-order valence-corrected chi connectivity index (χ2v) is 14.9. The van der Waals surface area contributed by atoms with Gasteiger partial charge in [0.05, 0.1) is 11.0 Å². The summed E-state index contributed by atoms with van der Waals surface area (Å²) in [5.74, 6) is 0. The molecule has 0 spiro atoms. The van der Waals surface area contributed by atoms with E-state index in [9.17, 15) is 0 Å². The summed E-state index contributed by atoms with van der Waals surface area (Å²) in [5, 5.41) is 7.56. The summed E-state index contributed by atoms with van der Waals surface area (Å²) in [4.78, 5) is 2.39. The minimum Gasteiger partial charge on any atom is -0.310 e. The van der Waals surface area contributed by atoms with Crippen LogP contribution >= 0.6 is 0 Å². The second kappa shape index (κ2) is 14.1. The molecule has 0 atom stereocenters. The summed E-state index contributed by atoms with van der Waals surface area (Å²) in [5.41, 5.74) is 14.0. The van der Waals surface area contributed by atoms with E-state index < -0.39 is 0 Å². The topological polar surface area (TPSA) is 8.17 Å². The first-order chi connectivity index (χ1) is 28.8. The number of anilines is 3. The van der Waals surface area contributed by atoms with Gasteiger partial charge in [-0.15, -0.1) is 0 Å². The van der Waals surface area contributed by atoms with Gasteiger partial charge in [0.15, 0.2) is 0 Å². The van der Waals surface area contributed by atoms with E-state index in [1.807, 2.05) is 0 Å². The molecule has 10 aromatic carbocycles. The van der Waals surface area contributed by atoms with Crippen LogP contribution in [0.2, 0.25) is 0 Å². The van der Waals surface area contributed by atoms with Crippen molar-refractivity contribution < 1.29 is 0 Å². The van der Waals surface area contributed by atoms with Gasteiger partial charge in [-0.25, -0.2) is 0 Å². The van der Waals surface area contributed by atoms with Gasteiger partial charge in [-0.3, -0.25) is 0 Å². The monoisotopic (exact) mass is 738 g/mol. The van der Waals surface area contributed by atoms with Crippen LogP contribution in [0.15, 0.2) is 231 Å². The molecule has 1 heterocycles. The summed E-state index contributed by atoms with van der Waals surface area (Å²) < 4.78 is 2.41. The highest BCUT2D eigenvalue weighted by Crippen LogP contribution is 2.43. The smallest absolute Gasteiger partial charge is 0.0547 e. The summed E-state index contributed by atoms with van der Waals surface area (Å²) in [6.07, 6.45) is 0. The van der Waals surface area contributed by atoms with E-state index in [-0.39, 0.29) is 0 Å². The predicted octanol–water partition coefficient (Wildman–Crippen LogP) is 15.6. The first kappa shape index (κ1) is 33.6. The van der Waals surface area contributed by atoms with Crippen molar-refractivity contribution in [3.8, 4) is 39.1 Å². The number of fused-ring (bicyclic) bond motifs is 6. The van der Waals surface area contributed by atoms with Gasteiger partial charge in [0.25, 0.3) is 0 Å². The third kappa shape index (κ3) is 5.74. The maximum Gasteiger partial charge on any atom is 0.0547 e. The molecule has 1 aromatic heterocycles. The average molecular weight is 739 g/mol. The molecular weight excluding hydrogens is 701 g/mol. The van der Waals surface area contributed by atoms with Gasteiger partial charge in [0.2, 0.25) is 0 Å². The molecule has 0 aliphatic heterocycles. The van der Waals surface area contributed by atoms with Crippen LogP contribution in [-0.4, -0.2) is 4.57 Å². The van der Waals surface area contributed by atoms with Crippen LogP contribution in [0, 0.1) is 0 Å². The highest BCUT2D eigenvalue weighted by Gasteiger charge is 2.19. The molecule has 0 N–H and O–H groups in total. The molecule has 11 rings (SSSR count). The van der Waals surface area contributed by atoms with Crippen LogP contribution in [0.25, 0.3) is 82.4 Å². The SMILES string of the molecule is c1ccc(-c2ccc(N(c3ccc(-n4c5ccccc5c5c6ccccc6ccc54)cc3)c3ccc(-c4cccc5ccccc45)c(-c4ccccc4)c3)cc2)cc1. The van der Waals surface area contributed by atoms with E-state index in [1.165, 1.54) is 76.7 Å². The van der Waals surface area contributed by atoms with Crippen molar-refractivity contribution in [1.29, 1.82) is 0 Å². The fraction of sp³-hybridized carbons (Fsp3) is 0. The Morgan fingerprint density at radius 2 is 0.845 bits per heavy atom. The summed E-state index contributed by atoms with van der Waals surface area (Å²) in [7, 11) is 0. The maximum absolute atomic E-state index is 2.41. The third-order valence-electron chi connectivity index (χ3n) is 11.6. The van der Waals surface area contributed by atoms with Crippen LogP contribution in [0.3, 0.4) is 0 Å². The first-order valence-electron chi connectivity index (χ1n) is 19.9. The standard InChI is InChI=1S/C56H38N2/c1-3-14-39(15-4-1)40-26-29-44(30-27-40)57(47-35-36-51(53(38-47)42-16-5-2-6-17-42)50-24-13-20-41-18-7-9-21-48(41)50)45-31-33-46(34-32-45)58-54-25-12-11-23-52(54)56-49-22-10-8-19-43(49)28-37-55(56)58/h1-38H. The maximum atomic E-state index is 2.41. The van der Waals surface area contributed by atoms with E-state index >= 15 is 0 Å². The van der Waals surface area contributed by atoms with Gasteiger partial charge >= 0.3 is 0 Å². The van der Waals surface area contributed by atoms with Gasteiger partial charge in [0, 0.05) is 33.5 Å². The largest absolute Gasteiger partial charge is 0.310 e. The quantitative estimate of drug-likeness (QED) is 0.158. The van der Waals surface area contributed by atoms with E-state index in [1.54, 1.807) is 0 Å². The molecule has 0 amide bonds. The van der Waals surface area contributed by atoms with Crippen molar-refractivity contribution in [3.05, 3.63) is 231 Å². The molecule has 0 saturated heterocycles. The predicted molar refractivity (Wildman–Crippen MR) is 247 cm³/mol. The van der Waals surface area contributed by atoms with Gasteiger partial charge in [-0.05, 0) is 116 Å². The van der Waals surface area contributed by atoms with E-state index in [2.05, 4.69) is 240 Å². The van der Waals surface area contributed by atoms with Crippen molar-refractivity contribution in [2.45, 2.75) is 0 Å². The van der Waals surface area contributed by atoms with Crippen molar-refractivity contribution in [2.24, 2.45) is 0 Å². The molecule has 0 bridgehead atoms. The Morgan fingerprint density at radius 1 is 0.293 bits per heavy atom. The Balaban J connectivity index is 1.09. The molecule has 2 heteroatoms. The van der Waals surface area contributed by atoms with Gasteiger partial charge in [-0.2, -0.15) is 0 Å². The minimum atomic E-state index is 1.08. The van der Waals surface area contributed by atoms with Crippen LogP contribution in [-0.2, 0) is 0 Å². The number of rotatable bonds is 7. The van der Waals surface area contributed by atoms with Crippen LogP contribution in [0.5, 0.6) is 0 Å². The Bertz CT molecular complexity index is 3250. The molecule has 0 unspecified atom stereocenters. The van der Waals surface area contributed by atoms with Crippen molar-refractivity contribution >= 4 is 60.4 Å². The zero-order valence-corrected chi connectivity index (χ0v) is 31.8. The van der Waals surface area contributed by atoms with E-state index in [0.29, 0.717) is 0 Å². The lowest BCUT2D eigenvalue weighted by Crippen LogP contribution is -2.10. The molecule has 0 aliphatic carbocycles. The zero-order valence-electron chi connectivity index (χ0n) is 31.8. The molecule has 0 radical (unpaired) electrons. The number of hydrogen-bond acceptors (Lipinski definition) is 1. The van der Waals surface area contributed by atoms with Gasteiger partial charge < -0.3 is 9.47 Å². The lowest BCUT2D eigenvalue weighted by atomic mass is 9.90. The van der Waals surface area contributed by atoms with Gasteiger partial charge in [0.1, 0.15) is 0 Å². The van der Waals surface area contributed by atoms with Crippen molar-refractivity contribution in [1.82, 2.24) is 4.57 Å². The number of para-hydroxylation sites is 1. The number of benzene rings is 10. The Labute approximate surface area is 338 Å². The van der Waals surface area contributed by atoms with Crippen molar-refractivity contribution in [3.63, 3.8) is 0 Å². The number of hydrogen-bond donors (Lipinski definition) is 0. The summed E-state index contributed by atoms with van der Waals surface area (Å²) in [6, 6.07) is 83.6. The number of nitrogens with zero attached hydrogens (tertiary/aromatic N) is 2. The Morgan fingerprint density at radius 3 is 1.59 bits per heavy atom. The zero-order chi connectivity index (χ0) is 38.4. The van der Waals surface area contributed by atoms with E-state index in [0.717, 1.165) is 22.7 Å². The highest BCUT2D eigenvalue weighted by molar-refractivity contribution is 6.21. The molecule has 11 aromatic rings. The molecule has 0 fully saturated rings.